The number of aromatic nitrogens is 2. The average Bonchev–Trinajstić information content (AvgIpc) is 2.73. The zero-order valence-corrected chi connectivity index (χ0v) is 17.8. The fourth-order valence-corrected chi connectivity index (χ4v) is 4.14. The van der Waals surface area contributed by atoms with Crippen molar-refractivity contribution in [2.45, 2.75) is 38.6 Å². The van der Waals surface area contributed by atoms with Gasteiger partial charge in [0.05, 0.1) is 25.5 Å². The molecule has 7 heteroatoms. The SMILES string of the molecule is Cc1cccc(Cc2nc3c(c(N4CCOCC4)n2)CN(C(=O)[C@@H](C)Cl)CC3)c1. The Bertz CT molecular complexity index is 896. The molecule has 0 N–H and O–H groups in total. The highest BCUT2D eigenvalue weighted by molar-refractivity contribution is 6.30. The second kappa shape index (κ2) is 8.67. The largest absolute Gasteiger partial charge is 0.378 e. The van der Waals surface area contributed by atoms with E-state index in [-0.39, 0.29) is 5.91 Å². The van der Waals surface area contributed by atoms with Gasteiger partial charge in [-0.1, -0.05) is 29.8 Å². The maximum Gasteiger partial charge on any atom is 0.240 e. The Hall–Kier alpha value is -2.18. The van der Waals surface area contributed by atoms with Crippen LogP contribution in [0.5, 0.6) is 0 Å². The second-order valence-electron chi connectivity index (χ2n) is 7.78. The Morgan fingerprint density at radius 2 is 2.03 bits per heavy atom. The third kappa shape index (κ3) is 4.54. The number of aryl methyl sites for hydroxylation is 1. The molecule has 0 radical (unpaired) electrons. The van der Waals surface area contributed by atoms with E-state index in [0.29, 0.717) is 32.7 Å². The van der Waals surface area contributed by atoms with Gasteiger partial charge in [-0.3, -0.25) is 4.79 Å². The van der Waals surface area contributed by atoms with E-state index in [4.69, 9.17) is 26.3 Å². The van der Waals surface area contributed by atoms with Crippen molar-refractivity contribution in [2.75, 3.05) is 37.7 Å². The number of ether oxygens (including phenoxy) is 1. The van der Waals surface area contributed by atoms with E-state index >= 15 is 0 Å². The number of carbonyl (C=O) groups is 1. The van der Waals surface area contributed by atoms with Crippen LogP contribution in [0, 0.1) is 6.92 Å². The first kappa shape index (κ1) is 20.1. The Morgan fingerprint density at radius 3 is 2.76 bits per heavy atom. The third-order valence-electron chi connectivity index (χ3n) is 5.49. The molecule has 1 amide bonds. The molecule has 1 atom stereocenters. The molecule has 0 spiro atoms. The second-order valence-corrected chi connectivity index (χ2v) is 8.43. The minimum Gasteiger partial charge on any atom is -0.378 e. The first-order chi connectivity index (χ1) is 14.0. The van der Waals surface area contributed by atoms with Gasteiger partial charge in [0.1, 0.15) is 17.0 Å². The van der Waals surface area contributed by atoms with Crippen molar-refractivity contribution in [1.29, 1.82) is 0 Å². The monoisotopic (exact) mass is 414 g/mol. The molecular formula is C22H27ClN4O2. The molecule has 0 unspecified atom stereocenters. The molecule has 0 aliphatic carbocycles. The van der Waals surface area contributed by atoms with E-state index in [2.05, 4.69) is 36.1 Å². The summed E-state index contributed by atoms with van der Waals surface area (Å²) < 4.78 is 5.53. The highest BCUT2D eigenvalue weighted by Crippen LogP contribution is 2.28. The molecule has 1 aromatic carbocycles. The van der Waals surface area contributed by atoms with Crippen LogP contribution >= 0.6 is 11.6 Å². The number of carbonyl (C=O) groups excluding carboxylic acids is 1. The number of amides is 1. The summed E-state index contributed by atoms with van der Waals surface area (Å²) in [6.07, 6.45) is 1.43. The van der Waals surface area contributed by atoms with Crippen LogP contribution in [0.25, 0.3) is 0 Å². The van der Waals surface area contributed by atoms with E-state index in [1.54, 1.807) is 6.92 Å². The van der Waals surface area contributed by atoms with Crippen LogP contribution in [0.1, 0.15) is 35.1 Å². The van der Waals surface area contributed by atoms with E-state index in [1.807, 2.05) is 4.90 Å². The number of anilines is 1. The predicted molar refractivity (Wildman–Crippen MR) is 113 cm³/mol. The summed E-state index contributed by atoms with van der Waals surface area (Å²) in [7, 11) is 0. The van der Waals surface area contributed by atoms with Crippen LogP contribution in [-0.4, -0.2) is 59.0 Å². The number of benzene rings is 1. The highest BCUT2D eigenvalue weighted by Gasteiger charge is 2.29. The van der Waals surface area contributed by atoms with Gasteiger partial charge in [0, 0.05) is 38.0 Å². The Labute approximate surface area is 176 Å². The maximum absolute atomic E-state index is 12.5. The minimum absolute atomic E-state index is 0.0333. The van der Waals surface area contributed by atoms with Gasteiger partial charge in [0.15, 0.2) is 0 Å². The molecule has 6 nitrogen and oxygen atoms in total. The number of rotatable bonds is 4. The molecule has 2 aromatic rings. The van der Waals surface area contributed by atoms with Crippen LogP contribution in [0.15, 0.2) is 24.3 Å². The van der Waals surface area contributed by atoms with Crippen molar-refractivity contribution >= 4 is 23.3 Å². The van der Waals surface area contributed by atoms with Crippen molar-refractivity contribution < 1.29 is 9.53 Å². The molecule has 154 valence electrons. The van der Waals surface area contributed by atoms with Gasteiger partial charge in [-0.25, -0.2) is 9.97 Å². The summed E-state index contributed by atoms with van der Waals surface area (Å²) in [5.41, 5.74) is 4.55. The van der Waals surface area contributed by atoms with Crippen LogP contribution in [0.4, 0.5) is 5.82 Å². The van der Waals surface area contributed by atoms with Crippen LogP contribution < -0.4 is 4.90 Å². The fraction of sp³-hybridized carbons (Fsp3) is 0.500. The number of hydrogen-bond donors (Lipinski definition) is 0. The Balaban J connectivity index is 1.68. The molecular weight excluding hydrogens is 388 g/mol. The van der Waals surface area contributed by atoms with Crippen molar-refractivity contribution in [2.24, 2.45) is 0 Å². The van der Waals surface area contributed by atoms with Gasteiger partial charge in [-0.05, 0) is 19.4 Å². The minimum atomic E-state index is -0.523. The lowest BCUT2D eigenvalue weighted by atomic mass is 10.0. The average molecular weight is 415 g/mol. The number of morpholine rings is 1. The van der Waals surface area contributed by atoms with Crippen LogP contribution in [0.3, 0.4) is 0 Å². The quantitative estimate of drug-likeness (QED) is 0.720. The number of fused-ring (bicyclic) bond motifs is 1. The number of hydrogen-bond acceptors (Lipinski definition) is 5. The van der Waals surface area contributed by atoms with E-state index in [1.165, 1.54) is 11.1 Å². The molecule has 2 aliphatic rings. The maximum atomic E-state index is 12.5. The smallest absolute Gasteiger partial charge is 0.240 e. The first-order valence-electron chi connectivity index (χ1n) is 10.2. The lowest BCUT2D eigenvalue weighted by Gasteiger charge is -2.35. The van der Waals surface area contributed by atoms with Crippen molar-refractivity contribution in [3.63, 3.8) is 0 Å². The standard InChI is InChI=1S/C22H27ClN4O2/c1-15-4-3-5-17(12-15)13-20-24-19-6-7-27(22(28)16(2)23)14-18(19)21(25-20)26-8-10-29-11-9-26/h3-5,12,16H,6-11,13-14H2,1-2H3/t16-/m1/s1. The zero-order chi connectivity index (χ0) is 20.4. The van der Waals surface area contributed by atoms with E-state index in [0.717, 1.165) is 42.4 Å². The van der Waals surface area contributed by atoms with Gasteiger partial charge in [-0.15, -0.1) is 11.6 Å². The highest BCUT2D eigenvalue weighted by atomic mass is 35.5. The topological polar surface area (TPSA) is 58.6 Å². The summed E-state index contributed by atoms with van der Waals surface area (Å²) >= 11 is 6.06. The van der Waals surface area contributed by atoms with Gasteiger partial charge < -0.3 is 14.5 Å². The molecule has 0 bridgehead atoms. The summed E-state index contributed by atoms with van der Waals surface area (Å²) in [5.74, 6) is 1.75. The Morgan fingerprint density at radius 1 is 1.24 bits per heavy atom. The predicted octanol–water partition coefficient (Wildman–Crippen LogP) is 2.72. The van der Waals surface area contributed by atoms with Crippen molar-refractivity contribution in [3.8, 4) is 0 Å². The van der Waals surface area contributed by atoms with E-state index in [9.17, 15) is 4.79 Å². The van der Waals surface area contributed by atoms with Gasteiger partial charge in [0.25, 0.3) is 0 Å². The number of nitrogens with zero attached hydrogens (tertiary/aromatic N) is 4. The van der Waals surface area contributed by atoms with Gasteiger partial charge in [0.2, 0.25) is 5.91 Å². The van der Waals surface area contributed by atoms with Crippen LogP contribution in [0.2, 0.25) is 0 Å². The molecule has 1 fully saturated rings. The fourth-order valence-electron chi connectivity index (χ4n) is 4.01. The molecule has 4 rings (SSSR count). The Kier molecular flexibility index (Phi) is 6.01. The van der Waals surface area contributed by atoms with Gasteiger partial charge >= 0.3 is 0 Å². The van der Waals surface area contributed by atoms with Crippen molar-refractivity contribution in [3.05, 3.63) is 52.5 Å². The van der Waals surface area contributed by atoms with Crippen molar-refractivity contribution in [1.82, 2.24) is 14.9 Å². The number of halogens is 1. The summed E-state index contributed by atoms with van der Waals surface area (Å²) in [4.78, 5) is 26.4. The first-order valence-corrected chi connectivity index (χ1v) is 10.6. The molecule has 3 heterocycles. The lowest BCUT2D eigenvalue weighted by Crippen LogP contribution is -2.42. The summed E-state index contributed by atoms with van der Waals surface area (Å²) in [6.45, 7) is 7.96. The lowest BCUT2D eigenvalue weighted by molar-refractivity contribution is -0.131. The molecule has 0 saturated carbocycles. The summed E-state index contributed by atoms with van der Waals surface area (Å²) in [6, 6.07) is 8.47. The van der Waals surface area contributed by atoms with Crippen LogP contribution in [-0.2, 0) is 28.9 Å². The van der Waals surface area contributed by atoms with Gasteiger partial charge in [-0.2, -0.15) is 0 Å². The molecule has 1 saturated heterocycles. The molecule has 29 heavy (non-hydrogen) atoms. The van der Waals surface area contributed by atoms with E-state index < -0.39 is 5.38 Å². The number of alkyl halides is 1. The normalized spacial score (nSPS) is 17.8. The molecule has 2 aliphatic heterocycles. The molecule has 1 aromatic heterocycles. The third-order valence-corrected chi connectivity index (χ3v) is 5.68. The zero-order valence-electron chi connectivity index (χ0n) is 17.0. The summed E-state index contributed by atoms with van der Waals surface area (Å²) in [5, 5.41) is -0.523.